The van der Waals surface area contributed by atoms with Crippen molar-refractivity contribution in [2.45, 2.75) is 189 Å². The Morgan fingerprint density at radius 2 is 1.40 bits per heavy atom. The van der Waals surface area contributed by atoms with Crippen LogP contribution in [0.2, 0.25) is 0 Å². The molecule has 1 aromatic heterocycles. The Balaban J connectivity index is 1.19. The standard InChI is InChI=1S/C62H90N13O14P/c1-29-20-39-40(21-30(29)2)75(28-70-39)57-52(84)53(41(27-76)87-57)89-90(85,86)88-31(3)26-69-49(83)18-19-59(8)37(22-46(66)80)56-62(11)61(10,25-48(68)82)36(14-17-45(65)79)51(74-62)33(5)55-60(9,24-47(67)81)34(12-15-43(63)77)38(71-55)23-42-58(6,7)35(13-16-44(64)78)50(72-42)32(4)54(59)73-56/h20-21,23,28,31,34-37,41,52-53,56-57,71,76,84H,12-19,22,24-27H2,1-11H3,(H2,63,77)(H2,64,78)(H2,65,79)(H2,66,80)(H2,67,81)(H2,68,82)(H,69,83)(H,85,86)/b38-23?,50-32?,55-33-/t31-,34-,35+,36-,37+,41-,52-,53-,56-,57+,59-,60+,61+,62+/m1/s1. The largest absolute Gasteiger partial charge is 0.472 e. The van der Waals surface area contributed by atoms with E-state index in [4.69, 9.17) is 63.2 Å². The molecular weight excluding hydrogens is 1180 g/mol. The molecule has 0 radical (unpaired) electrons. The van der Waals surface area contributed by atoms with Crippen LogP contribution in [0.1, 0.15) is 150 Å². The van der Waals surface area contributed by atoms with Crippen molar-refractivity contribution in [3.05, 3.63) is 63.9 Å². The van der Waals surface area contributed by atoms with E-state index in [1.165, 1.54) is 13.3 Å². The third-order valence-corrected chi connectivity index (χ3v) is 21.7. The van der Waals surface area contributed by atoms with Crippen LogP contribution in [-0.4, -0.2) is 132 Å². The lowest BCUT2D eigenvalue weighted by Gasteiger charge is -2.48. The predicted octanol–water partition coefficient (Wildman–Crippen LogP) is 3.16. The van der Waals surface area contributed by atoms with Crippen molar-refractivity contribution in [3.63, 3.8) is 0 Å². The molecule has 2 fully saturated rings. The number of phosphoric ester groups is 1. The zero-order valence-electron chi connectivity index (χ0n) is 53.3. The van der Waals surface area contributed by atoms with Gasteiger partial charge in [0, 0.05) is 131 Å². The molecule has 0 saturated carbocycles. The molecule has 6 aliphatic rings. The lowest BCUT2D eigenvalue weighted by Crippen LogP contribution is -2.56. The Morgan fingerprint density at radius 3 is 1.99 bits per heavy atom. The number of hydrogen-bond donors (Lipinski definition) is 11. The summed E-state index contributed by atoms with van der Waals surface area (Å²) in [5, 5.41) is 28.2. The van der Waals surface area contributed by atoms with Gasteiger partial charge in [-0.05, 0) is 108 Å². The topological polar surface area (TPSA) is 460 Å². The number of phosphoric acid groups is 1. The maximum absolute atomic E-state index is 14.4. The molecule has 6 aliphatic heterocycles. The minimum Gasteiger partial charge on any atom is -0.394 e. The lowest BCUT2D eigenvalue weighted by atomic mass is 9.55. The fraction of sp³-hybridized carbons (Fsp3) is 0.629. The van der Waals surface area contributed by atoms with Crippen molar-refractivity contribution in [2.75, 3.05) is 13.2 Å². The fourth-order valence-electron chi connectivity index (χ4n) is 15.4. The molecule has 27 nitrogen and oxygen atoms in total. The number of aliphatic hydroxyl groups is 2. The SMILES string of the molecule is CC1=C2N=C(C=C3N/C(=C(/C)C4=N[C@@](C)([C@@H]5N=C1[C@](C)(CCC(=O)NC[C@@H](C)OP(=O)(O)O[C@H]1[C@@H](O)[C@@H](n6cnc7cc(C)c(C)cc76)O[C@@H]1CO)[C@H]5CC(N)=O)[C@@](C)(CC(N)=O)[C@@H]4CCC(N)=O)[C@@](C)(CC(N)=O)[C@@H]3CCC(N)=O)C(C)(C)[C@H]2CCC(N)=O. The number of nitrogens with zero attached hydrogens (tertiary/aromatic N) is 5. The zero-order valence-corrected chi connectivity index (χ0v) is 54.1. The number of carbonyl (C=O) groups excluding carboxylic acids is 7. The van der Waals surface area contributed by atoms with Gasteiger partial charge in [-0.1, -0.05) is 34.6 Å². The zero-order chi connectivity index (χ0) is 66.7. The first kappa shape index (κ1) is 68.9. The number of primary amides is 6. The number of fused-ring (bicyclic) bond motifs is 7. The second-order valence-corrected chi connectivity index (χ2v) is 28.4. The first-order valence-corrected chi connectivity index (χ1v) is 32.1. The molecule has 15 atom stereocenters. The second-order valence-electron chi connectivity index (χ2n) is 27.1. The number of aryl methyl sites for hydroxylation is 2. The van der Waals surface area contributed by atoms with Crippen LogP contribution in [-0.2, 0) is 51.9 Å². The average molecular weight is 1270 g/mol. The van der Waals surface area contributed by atoms with E-state index in [0.29, 0.717) is 56.4 Å². The van der Waals surface area contributed by atoms with E-state index in [2.05, 4.69) is 15.6 Å². The van der Waals surface area contributed by atoms with Crippen LogP contribution in [0.15, 0.2) is 67.8 Å². The van der Waals surface area contributed by atoms with Crippen LogP contribution in [0.4, 0.5) is 0 Å². The number of carbonyl (C=O) groups is 7. The van der Waals surface area contributed by atoms with E-state index in [-0.39, 0.29) is 77.2 Å². The summed E-state index contributed by atoms with van der Waals surface area (Å²) in [7, 11) is -5.07. The third kappa shape index (κ3) is 13.0. The predicted molar refractivity (Wildman–Crippen MR) is 334 cm³/mol. The van der Waals surface area contributed by atoms with E-state index >= 15 is 0 Å². The number of nitrogens with one attached hydrogen (secondary N) is 2. The number of aromatic nitrogens is 2. The molecule has 0 aliphatic carbocycles. The maximum atomic E-state index is 14.4. The minimum absolute atomic E-state index is 0.0114. The Bertz CT molecular complexity index is 3540. The summed E-state index contributed by atoms with van der Waals surface area (Å²) in [6, 6.07) is 2.70. The van der Waals surface area contributed by atoms with Crippen molar-refractivity contribution in [2.24, 2.45) is 94.7 Å². The van der Waals surface area contributed by atoms with Gasteiger partial charge in [-0.2, -0.15) is 0 Å². The van der Waals surface area contributed by atoms with Crippen molar-refractivity contribution in [3.8, 4) is 0 Å². The molecule has 8 rings (SSSR count). The van der Waals surface area contributed by atoms with E-state index in [9.17, 15) is 53.2 Å². The minimum atomic E-state index is -5.07. The van der Waals surface area contributed by atoms with Crippen LogP contribution >= 0.6 is 7.82 Å². The van der Waals surface area contributed by atoms with Gasteiger partial charge in [0.25, 0.3) is 0 Å². The molecule has 90 heavy (non-hydrogen) atoms. The van der Waals surface area contributed by atoms with Gasteiger partial charge >= 0.3 is 7.82 Å². The summed E-state index contributed by atoms with van der Waals surface area (Å²) in [4.78, 5) is 126. The number of aliphatic hydroxyl groups excluding tert-OH is 2. The van der Waals surface area contributed by atoms with Crippen molar-refractivity contribution >= 4 is 77.3 Å². The number of allylic oxidation sites excluding steroid dienone is 6. The molecule has 28 heteroatoms. The van der Waals surface area contributed by atoms with Crippen LogP contribution in [0.3, 0.4) is 0 Å². The smallest absolute Gasteiger partial charge is 0.394 e. The molecule has 0 spiro atoms. The highest BCUT2D eigenvalue weighted by atomic mass is 31.2. The summed E-state index contributed by atoms with van der Waals surface area (Å²) < 4.78 is 32.3. The number of hydrogen-bond acceptors (Lipinski definition) is 18. The molecule has 492 valence electrons. The highest BCUT2D eigenvalue weighted by molar-refractivity contribution is 7.47. The third-order valence-electron chi connectivity index (χ3n) is 20.6. The quantitative estimate of drug-likeness (QED) is 0.0603. The summed E-state index contributed by atoms with van der Waals surface area (Å²) in [6.45, 7) is 19.3. The van der Waals surface area contributed by atoms with Gasteiger partial charge in [0.2, 0.25) is 41.4 Å². The van der Waals surface area contributed by atoms with Crippen LogP contribution < -0.4 is 45.0 Å². The Labute approximate surface area is 523 Å². The fourth-order valence-corrected chi connectivity index (χ4v) is 16.6. The maximum Gasteiger partial charge on any atom is 0.472 e. The molecule has 2 saturated heterocycles. The van der Waals surface area contributed by atoms with E-state index in [1.54, 1.807) is 4.57 Å². The molecule has 2 aromatic rings. The number of nitrogens with two attached hydrogens (primary N) is 6. The first-order chi connectivity index (χ1) is 41.8. The number of benzene rings is 1. The molecule has 1 aromatic carbocycles. The number of amides is 7. The van der Waals surface area contributed by atoms with Gasteiger partial charge in [-0.25, -0.2) is 9.55 Å². The highest BCUT2D eigenvalue weighted by Crippen LogP contribution is 2.63. The van der Waals surface area contributed by atoms with E-state index in [1.807, 2.05) is 87.4 Å². The van der Waals surface area contributed by atoms with Gasteiger partial charge in [0.15, 0.2) is 6.23 Å². The average Bonchev–Trinajstić information content (AvgIpc) is 1.53. The van der Waals surface area contributed by atoms with Gasteiger partial charge in [-0.15, -0.1) is 0 Å². The number of rotatable bonds is 26. The van der Waals surface area contributed by atoms with Gasteiger partial charge in [-0.3, -0.25) is 57.6 Å². The summed E-state index contributed by atoms with van der Waals surface area (Å²) in [5.74, 6) is -7.18. The Kier molecular flexibility index (Phi) is 19.6. The first-order valence-electron chi connectivity index (χ1n) is 30.6. The molecule has 8 bridgehead atoms. The normalized spacial score (nSPS) is 32.8. The summed E-state index contributed by atoms with van der Waals surface area (Å²) in [5.41, 5.74) is 37.4. The monoisotopic (exact) mass is 1270 g/mol. The number of aliphatic imine (C=N–C) groups is 3. The Hall–Kier alpha value is -7.00. The molecular formula is C62H90N13O14P. The molecule has 1 unspecified atom stereocenters. The second kappa shape index (κ2) is 25.6. The molecule has 7 amide bonds. The van der Waals surface area contributed by atoms with Gasteiger partial charge < -0.3 is 69.4 Å². The molecule has 7 heterocycles. The van der Waals surface area contributed by atoms with Crippen molar-refractivity contribution in [1.29, 1.82) is 0 Å². The Morgan fingerprint density at radius 1 is 0.800 bits per heavy atom. The van der Waals surface area contributed by atoms with Crippen LogP contribution in [0.25, 0.3) is 11.0 Å². The van der Waals surface area contributed by atoms with Gasteiger partial charge in [0.1, 0.15) is 18.3 Å². The van der Waals surface area contributed by atoms with Crippen molar-refractivity contribution < 1.29 is 67.0 Å². The molecule has 17 N–H and O–H groups in total. The van der Waals surface area contributed by atoms with Crippen LogP contribution in [0.5, 0.6) is 0 Å². The highest BCUT2D eigenvalue weighted by Gasteiger charge is 2.66. The number of imidazole rings is 1. The number of ether oxygens (including phenoxy) is 1. The van der Waals surface area contributed by atoms with E-state index < -0.39 is 143 Å². The van der Waals surface area contributed by atoms with E-state index in [0.717, 1.165) is 11.1 Å². The lowest BCUT2D eigenvalue weighted by molar-refractivity contribution is -0.124. The van der Waals surface area contributed by atoms with Crippen molar-refractivity contribution in [1.82, 2.24) is 20.2 Å². The van der Waals surface area contributed by atoms with Crippen LogP contribution in [0, 0.1) is 59.2 Å². The summed E-state index contributed by atoms with van der Waals surface area (Å²) in [6.07, 6.45) is -4.26. The van der Waals surface area contributed by atoms with Gasteiger partial charge in [0.05, 0.1) is 41.7 Å². The summed E-state index contributed by atoms with van der Waals surface area (Å²) >= 11 is 0.